The highest BCUT2D eigenvalue weighted by Crippen LogP contribution is 2.43. The van der Waals surface area contributed by atoms with Crippen LogP contribution in [0.1, 0.15) is 71.5 Å². The second-order valence-corrected chi connectivity index (χ2v) is 10.9. The van der Waals surface area contributed by atoms with E-state index in [4.69, 9.17) is 4.98 Å². The molecule has 1 heterocycles. The van der Waals surface area contributed by atoms with Crippen LogP contribution in [-0.4, -0.2) is 9.81 Å². The van der Waals surface area contributed by atoms with Crippen LogP contribution in [0.2, 0.25) is 0 Å². The Hall–Kier alpha value is 0.110. The van der Waals surface area contributed by atoms with E-state index in [2.05, 4.69) is 62.9 Å². The van der Waals surface area contributed by atoms with Crippen molar-refractivity contribution in [2.75, 3.05) is 0 Å². The van der Waals surface area contributed by atoms with Crippen LogP contribution in [-0.2, 0) is 11.8 Å². The van der Waals surface area contributed by atoms with Gasteiger partial charge in [0, 0.05) is 22.0 Å². The highest BCUT2D eigenvalue weighted by molar-refractivity contribution is 9.09. The number of thiazole rings is 1. The summed E-state index contributed by atoms with van der Waals surface area (Å²) in [6, 6.07) is 0. The van der Waals surface area contributed by atoms with Crippen LogP contribution in [0.15, 0.2) is 5.38 Å². The molecule has 0 saturated heterocycles. The van der Waals surface area contributed by atoms with Crippen molar-refractivity contribution < 1.29 is 0 Å². The van der Waals surface area contributed by atoms with Gasteiger partial charge in [-0.15, -0.1) is 11.3 Å². The molecule has 21 heavy (non-hydrogen) atoms. The summed E-state index contributed by atoms with van der Waals surface area (Å²) >= 11 is 5.78. The maximum absolute atomic E-state index is 4.89. The number of aromatic nitrogens is 1. The maximum atomic E-state index is 4.89. The minimum Gasteiger partial charge on any atom is -0.246 e. The number of nitrogens with zero attached hydrogens (tertiary/aromatic N) is 1. The first-order valence-corrected chi connectivity index (χ1v) is 9.96. The molecule has 0 aromatic carbocycles. The van der Waals surface area contributed by atoms with Gasteiger partial charge in [-0.05, 0) is 36.5 Å². The fraction of sp³-hybridized carbons (Fsp3) is 0.833. The minimum absolute atomic E-state index is 0.170. The van der Waals surface area contributed by atoms with E-state index in [9.17, 15) is 0 Å². The molecule has 1 aromatic rings. The lowest BCUT2D eigenvalue weighted by atomic mass is 9.68. The van der Waals surface area contributed by atoms with E-state index in [1.807, 2.05) is 11.3 Å². The Morgan fingerprint density at radius 1 is 1.19 bits per heavy atom. The van der Waals surface area contributed by atoms with Crippen molar-refractivity contribution in [3.63, 3.8) is 0 Å². The first kappa shape index (κ1) is 17.5. The predicted molar refractivity (Wildman–Crippen MR) is 97.5 cm³/mol. The van der Waals surface area contributed by atoms with Crippen molar-refractivity contribution in [3.8, 4) is 0 Å². The minimum atomic E-state index is 0.170. The van der Waals surface area contributed by atoms with E-state index in [0.717, 1.165) is 18.3 Å². The Balaban J connectivity index is 2.05. The largest absolute Gasteiger partial charge is 0.246 e. The third kappa shape index (κ3) is 4.54. The zero-order valence-corrected chi connectivity index (χ0v) is 16.8. The molecule has 0 radical (unpaired) electrons. The zero-order valence-electron chi connectivity index (χ0n) is 14.4. The van der Waals surface area contributed by atoms with Gasteiger partial charge in [-0.1, -0.05) is 57.5 Å². The second-order valence-electron chi connectivity index (χ2n) is 8.73. The van der Waals surface area contributed by atoms with Gasteiger partial charge in [-0.3, -0.25) is 0 Å². The fourth-order valence-corrected chi connectivity index (χ4v) is 4.98. The molecule has 0 bridgehead atoms. The summed E-state index contributed by atoms with van der Waals surface area (Å²) in [6.45, 7) is 13.9. The highest BCUT2D eigenvalue weighted by atomic mass is 79.9. The van der Waals surface area contributed by atoms with Crippen LogP contribution in [0, 0.1) is 17.3 Å². The third-order valence-corrected chi connectivity index (χ3v) is 6.95. The molecule has 3 atom stereocenters. The van der Waals surface area contributed by atoms with Gasteiger partial charge in [0.2, 0.25) is 0 Å². The predicted octanol–water partition coefficient (Wildman–Crippen LogP) is 6.21. The number of rotatable bonds is 2. The third-order valence-electron chi connectivity index (χ3n) is 4.87. The van der Waals surface area contributed by atoms with E-state index in [1.54, 1.807) is 0 Å². The van der Waals surface area contributed by atoms with Gasteiger partial charge in [-0.25, -0.2) is 4.98 Å². The van der Waals surface area contributed by atoms with Gasteiger partial charge >= 0.3 is 0 Å². The highest BCUT2D eigenvalue weighted by Gasteiger charge is 2.35. The van der Waals surface area contributed by atoms with Gasteiger partial charge in [-0.2, -0.15) is 0 Å². The Bertz CT molecular complexity index is 466. The smallest absolute Gasteiger partial charge is 0.0931 e. The van der Waals surface area contributed by atoms with E-state index in [1.165, 1.54) is 30.0 Å². The first-order valence-electron chi connectivity index (χ1n) is 8.16. The number of hydrogen-bond acceptors (Lipinski definition) is 2. The lowest BCUT2D eigenvalue weighted by Crippen LogP contribution is -2.33. The van der Waals surface area contributed by atoms with Crippen molar-refractivity contribution in [3.05, 3.63) is 16.1 Å². The molecule has 0 aliphatic heterocycles. The number of alkyl halides is 1. The van der Waals surface area contributed by atoms with Crippen molar-refractivity contribution in [1.82, 2.24) is 4.98 Å². The summed E-state index contributed by atoms with van der Waals surface area (Å²) in [6.07, 6.45) is 5.15. The lowest BCUT2D eigenvalue weighted by Gasteiger charge is -2.40. The standard InChI is InChI=1S/C18H30BrNS/c1-17(2,3)13-7-8-14(19)12(9-13)10-16-20-15(11-21-16)18(4,5)6/h11-14H,7-10H2,1-6H3. The van der Waals surface area contributed by atoms with Crippen LogP contribution < -0.4 is 0 Å². The van der Waals surface area contributed by atoms with Crippen LogP contribution in [0.3, 0.4) is 0 Å². The average Bonchev–Trinajstić information content (AvgIpc) is 2.79. The van der Waals surface area contributed by atoms with Crippen molar-refractivity contribution in [2.24, 2.45) is 17.3 Å². The van der Waals surface area contributed by atoms with Crippen molar-refractivity contribution in [1.29, 1.82) is 0 Å². The summed E-state index contributed by atoms with van der Waals surface area (Å²) in [5.41, 5.74) is 1.85. The molecule has 0 N–H and O–H groups in total. The molecule has 1 fully saturated rings. The Labute approximate surface area is 143 Å². The molecular weight excluding hydrogens is 342 g/mol. The lowest BCUT2D eigenvalue weighted by molar-refractivity contribution is 0.146. The zero-order chi connectivity index (χ0) is 15.8. The molecular formula is C18H30BrNS. The van der Waals surface area contributed by atoms with Crippen LogP contribution in [0.4, 0.5) is 0 Å². The van der Waals surface area contributed by atoms with E-state index >= 15 is 0 Å². The van der Waals surface area contributed by atoms with E-state index < -0.39 is 0 Å². The number of hydrogen-bond donors (Lipinski definition) is 0. The summed E-state index contributed by atoms with van der Waals surface area (Å²) in [5, 5.41) is 3.58. The van der Waals surface area contributed by atoms with Gasteiger partial charge < -0.3 is 0 Å². The molecule has 3 unspecified atom stereocenters. The summed E-state index contributed by atoms with van der Waals surface area (Å²) in [5.74, 6) is 1.58. The van der Waals surface area contributed by atoms with Crippen LogP contribution in [0.5, 0.6) is 0 Å². The SMILES string of the molecule is CC(C)(C)c1csc(CC2CC(C(C)(C)C)CCC2Br)n1. The molecule has 1 saturated carbocycles. The number of halogens is 1. The average molecular weight is 372 g/mol. The molecule has 1 aliphatic rings. The Kier molecular flexibility index (Phi) is 5.25. The van der Waals surface area contributed by atoms with Crippen LogP contribution in [0.25, 0.3) is 0 Å². The normalized spacial score (nSPS) is 27.9. The molecule has 120 valence electrons. The maximum Gasteiger partial charge on any atom is 0.0931 e. The Morgan fingerprint density at radius 2 is 1.86 bits per heavy atom. The molecule has 2 rings (SSSR count). The summed E-state index contributed by atoms with van der Waals surface area (Å²) in [7, 11) is 0. The molecule has 1 aliphatic carbocycles. The van der Waals surface area contributed by atoms with Gasteiger partial charge in [0.1, 0.15) is 0 Å². The molecule has 3 heteroatoms. The van der Waals surface area contributed by atoms with Gasteiger partial charge in [0.15, 0.2) is 0 Å². The summed E-state index contributed by atoms with van der Waals surface area (Å²) in [4.78, 5) is 5.56. The van der Waals surface area contributed by atoms with Crippen molar-refractivity contribution in [2.45, 2.75) is 77.5 Å². The van der Waals surface area contributed by atoms with Gasteiger partial charge in [0.05, 0.1) is 10.7 Å². The molecule has 1 aromatic heterocycles. The first-order chi connectivity index (χ1) is 9.57. The topological polar surface area (TPSA) is 12.9 Å². The van der Waals surface area contributed by atoms with E-state index in [0.29, 0.717) is 10.2 Å². The molecule has 0 spiro atoms. The summed E-state index contributed by atoms with van der Waals surface area (Å²) < 4.78 is 0. The fourth-order valence-electron chi connectivity index (χ4n) is 3.20. The van der Waals surface area contributed by atoms with Crippen LogP contribution >= 0.6 is 27.3 Å². The monoisotopic (exact) mass is 371 g/mol. The van der Waals surface area contributed by atoms with Gasteiger partial charge in [0.25, 0.3) is 0 Å². The Morgan fingerprint density at radius 3 is 2.38 bits per heavy atom. The molecule has 0 amide bonds. The van der Waals surface area contributed by atoms with E-state index in [-0.39, 0.29) is 5.41 Å². The van der Waals surface area contributed by atoms with Crippen molar-refractivity contribution >= 4 is 27.3 Å². The second kappa shape index (κ2) is 6.31. The molecule has 1 nitrogen and oxygen atoms in total. The quantitative estimate of drug-likeness (QED) is 0.563.